The highest BCUT2D eigenvalue weighted by Gasteiger charge is 2.31. The lowest BCUT2D eigenvalue weighted by atomic mass is 10.0. The maximum atomic E-state index is 12.3. The van der Waals surface area contributed by atoms with Gasteiger partial charge >= 0.3 is 12.1 Å². The van der Waals surface area contributed by atoms with Crippen molar-refractivity contribution in [1.82, 2.24) is 0 Å². The molecule has 0 aliphatic heterocycles. The number of carbonyl (C=O) groups excluding carboxylic acids is 1. The number of carboxylic acid groups (broad SMARTS) is 1. The van der Waals surface area contributed by atoms with Crippen LogP contribution in [0.2, 0.25) is 0 Å². The van der Waals surface area contributed by atoms with Crippen LogP contribution in [0.3, 0.4) is 0 Å². The molecule has 0 aromatic heterocycles. The van der Waals surface area contributed by atoms with Crippen molar-refractivity contribution in [3.63, 3.8) is 0 Å². The predicted molar refractivity (Wildman–Crippen MR) is 48.1 cm³/mol. The van der Waals surface area contributed by atoms with Gasteiger partial charge in [-0.15, -0.1) is 0 Å². The van der Waals surface area contributed by atoms with Crippen LogP contribution in [0.15, 0.2) is 18.2 Å². The van der Waals surface area contributed by atoms with E-state index < -0.39 is 23.5 Å². The second kappa shape index (κ2) is 3.96. The summed E-state index contributed by atoms with van der Waals surface area (Å²) >= 11 is 0. The normalized spacial score (nSPS) is 11.2. The third kappa shape index (κ3) is 2.39. The maximum Gasteiger partial charge on any atom is 0.416 e. The Morgan fingerprint density at radius 2 is 1.81 bits per heavy atom. The van der Waals surface area contributed by atoms with Crippen LogP contribution in [0.5, 0.6) is 0 Å². The number of aliphatic carboxylic acids is 1. The van der Waals surface area contributed by atoms with Crippen molar-refractivity contribution in [2.45, 2.75) is 13.1 Å². The zero-order valence-corrected chi connectivity index (χ0v) is 8.13. The first-order valence-electron chi connectivity index (χ1n) is 4.19. The highest BCUT2D eigenvalue weighted by atomic mass is 19.4. The molecule has 0 aliphatic rings. The summed E-state index contributed by atoms with van der Waals surface area (Å²) in [6, 6.07) is 2.30. The van der Waals surface area contributed by atoms with Gasteiger partial charge < -0.3 is 5.11 Å². The van der Waals surface area contributed by atoms with E-state index in [0.29, 0.717) is 6.07 Å². The van der Waals surface area contributed by atoms with Crippen LogP contribution >= 0.6 is 0 Å². The van der Waals surface area contributed by atoms with Gasteiger partial charge in [0.25, 0.3) is 5.78 Å². The van der Waals surface area contributed by atoms with Gasteiger partial charge in [-0.1, -0.05) is 0 Å². The molecule has 1 aromatic rings. The van der Waals surface area contributed by atoms with Crippen molar-refractivity contribution < 1.29 is 27.9 Å². The first kappa shape index (κ1) is 12.2. The molecule has 0 saturated heterocycles. The van der Waals surface area contributed by atoms with E-state index in [1.807, 2.05) is 0 Å². The number of hydrogen-bond acceptors (Lipinski definition) is 2. The van der Waals surface area contributed by atoms with E-state index in [9.17, 15) is 22.8 Å². The number of carboxylic acids is 1. The van der Waals surface area contributed by atoms with E-state index in [1.54, 1.807) is 0 Å². The molecule has 1 rings (SSSR count). The topological polar surface area (TPSA) is 54.4 Å². The Labute approximate surface area is 88.5 Å². The van der Waals surface area contributed by atoms with Crippen molar-refractivity contribution in [2.24, 2.45) is 0 Å². The minimum atomic E-state index is -4.50. The van der Waals surface area contributed by atoms with Crippen molar-refractivity contribution in [1.29, 1.82) is 0 Å². The Morgan fingerprint density at radius 3 is 2.19 bits per heavy atom. The number of hydrogen-bond donors (Lipinski definition) is 1. The number of Topliss-reactive ketones (excluding diaryl/α,β-unsaturated/α-hetero) is 1. The molecule has 0 bridgehead atoms. The molecule has 0 spiro atoms. The lowest BCUT2D eigenvalue weighted by Crippen LogP contribution is -2.15. The van der Waals surface area contributed by atoms with Gasteiger partial charge in [-0.25, -0.2) is 4.79 Å². The Hall–Kier alpha value is -1.85. The zero-order chi connectivity index (χ0) is 12.5. The van der Waals surface area contributed by atoms with E-state index in [1.165, 1.54) is 6.92 Å². The molecule has 0 saturated carbocycles. The molecule has 1 N–H and O–H groups in total. The summed E-state index contributed by atoms with van der Waals surface area (Å²) < 4.78 is 36.8. The van der Waals surface area contributed by atoms with Crippen molar-refractivity contribution in [2.75, 3.05) is 0 Å². The van der Waals surface area contributed by atoms with Gasteiger partial charge in [0.15, 0.2) is 0 Å². The molecule has 0 unspecified atom stereocenters. The average molecular weight is 232 g/mol. The quantitative estimate of drug-likeness (QED) is 0.628. The van der Waals surface area contributed by atoms with E-state index >= 15 is 0 Å². The Bertz CT molecular complexity index is 449. The fourth-order valence-electron chi connectivity index (χ4n) is 1.21. The minimum Gasteiger partial charge on any atom is -0.475 e. The fraction of sp³-hybridized carbons (Fsp3) is 0.200. The van der Waals surface area contributed by atoms with Gasteiger partial charge in [-0.05, 0) is 30.7 Å². The summed E-state index contributed by atoms with van der Waals surface area (Å²) in [6.07, 6.45) is -4.50. The lowest BCUT2D eigenvalue weighted by molar-refractivity contribution is -0.137. The Kier molecular flexibility index (Phi) is 3.02. The molecular weight excluding hydrogens is 225 g/mol. The SMILES string of the molecule is Cc1cc(C(F)(F)F)ccc1C(=O)C(=O)O. The first-order valence-corrected chi connectivity index (χ1v) is 4.19. The number of carbonyl (C=O) groups is 2. The maximum absolute atomic E-state index is 12.3. The van der Waals surface area contributed by atoms with Crippen molar-refractivity contribution in [3.05, 3.63) is 34.9 Å². The summed E-state index contributed by atoms with van der Waals surface area (Å²) in [4.78, 5) is 21.4. The lowest BCUT2D eigenvalue weighted by Gasteiger charge is -2.09. The van der Waals surface area contributed by atoms with Gasteiger partial charge in [0, 0.05) is 5.56 Å². The molecule has 86 valence electrons. The van der Waals surface area contributed by atoms with Gasteiger partial charge in [-0.2, -0.15) is 13.2 Å². The van der Waals surface area contributed by atoms with E-state index in [2.05, 4.69) is 0 Å². The molecule has 1 aromatic carbocycles. The second-order valence-electron chi connectivity index (χ2n) is 3.16. The fourth-order valence-corrected chi connectivity index (χ4v) is 1.21. The number of benzene rings is 1. The molecular formula is C10H7F3O3. The largest absolute Gasteiger partial charge is 0.475 e. The van der Waals surface area contributed by atoms with Gasteiger partial charge in [0.05, 0.1) is 5.56 Å². The molecule has 0 fully saturated rings. The minimum absolute atomic E-state index is 0.0118. The van der Waals surface area contributed by atoms with Crippen LogP contribution in [0, 0.1) is 6.92 Å². The van der Waals surface area contributed by atoms with Crippen LogP contribution in [-0.2, 0) is 11.0 Å². The summed E-state index contributed by atoms with van der Waals surface area (Å²) in [5.74, 6) is -2.91. The third-order valence-corrected chi connectivity index (χ3v) is 1.99. The zero-order valence-electron chi connectivity index (χ0n) is 8.13. The second-order valence-corrected chi connectivity index (χ2v) is 3.16. The number of rotatable bonds is 2. The number of aryl methyl sites for hydroxylation is 1. The summed E-state index contributed by atoms with van der Waals surface area (Å²) in [6.45, 7) is 1.26. The van der Waals surface area contributed by atoms with Crippen LogP contribution in [-0.4, -0.2) is 16.9 Å². The summed E-state index contributed by atoms with van der Waals surface area (Å²) in [7, 11) is 0. The van der Waals surface area contributed by atoms with Crippen molar-refractivity contribution in [3.8, 4) is 0 Å². The molecule has 0 amide bonds. The third-order valence-electron chi connectivity index (χ3n) is 1.99. The number of halogens is 3. The molecule has 6 heteroatoms. The van der Waals surface area contributed by atoms with Gasteiger partial charge in [0.1, 0.15) is 0 Å². The van der Waals surface area contributed by atoms with Crippen LogP contribution in [0.25, 0.3) is 0 Å². The standard InChI is InChI=1S/C10H7F3O3/c1-5-4-6(10(11,12)13)2-3-7(5)8(14)9(15)16/h2-4H,1H3,(H,15,16). The smallest absolute Gasteiger partial charge is 0.416 e. The monoisotopic (exact) mass is 232 g/mol. The highest BCUT2D eigenvalue weighted by molar-refractivity contribution is 6.40. The Balaban J connectivity index is 3.20. The molecule has 3 nitrogen and oxygen atoms in total. The first-order chi connectivity index (χ1) is 7.23. The average Bonchev–Trinajstić information content (AvgIpc) is 2.15. The number of alkyl halides is 3. The molecule has 0 aliphatic carbocycles. The summed E-state index contributed by atoms with van der Waals surface area (Å²) in [5.41, 5.74) is -1.16. The molecule has 0 atom stereocenters. The van der Waals surface area contributed by atoms with Crippen LogP contribution in [0.1, 0.15) is 21.5 Å². The number of ketones is 1. The highest BCUT2D eigenvalue weighted by Crippen LogP contribution is 2.30. The van der Waals surface area contributed by atoms with E-state index in [4.69, 9.17) is 5.11 Å². The molecule has 0 heterocycles. The van der Waals surface area contributed by atoms with E-state index in [-0.39, 0.29) is 11.1 Å². The molecule has 16 heavy (non-hydrogen) atoms. The van der Waals surface area contributed by atoms with Gasteiger partial charge in [-0.3, -0.25) is 4.79 Å². The van der Waals surface area contributed by atoms with Crippen molar-refractivity contribution >= 4 is 11.8 Å². The van der Waals surface area contributed by atoms with E-state index in [0.717, 1.165) is 12.1 Å². The van der Waals surface area contributed by atoms with Gasteiger partial charge in [0.2, 0.25) is 0 Å². The summed E-state index contributed by atoms with van der Waals surface area (Å²) in [5, 5.41) is 8.42. The van der Waals surface area contributed by atoms with Crippen LogP contribution < -0.4 is 0 Å². The van der Waals surface area contributed by atoms with Crippen LogP contribution in [0.4, 0.5) is 13.2 Å². The predicted octanol–water partition coefficient (Wildman–Crippen LogP) is 2.28. The molecule has 0 radical (unpaired) electrons. The Morgan fingerprint density at radius 1 is 1.25 bits per heavy atom.